The number of nitrogens with one attached hydrogen (secondary N) is 1. The Morgan fingerprint density at radius 1 is 1.06 bits per heavy atom. The molecule has 0 saturated heterocycles. The van der Waals surface area contributed by atoms with Crippen LogP contribution in [0.2, 0.25) is 0 Å². The van der Waals surface area contributed by atoms with Crippen LogP contribution in [0.25, 0.3) is 0 Å². The maximum Gasteiger partial charge on any atom is 0.325 e. The standard InChI is InChI=1S/C12H23NO3/c1-3-5-6-7-8-9-11(14)13-10-12(15)16-4-2/h3-10H2,1-2H3,(H,13,14). The zero-order chi connectivity index (χ0) is 12.2. The Morgan fingerprint density at radius 3 is 2.38 bits per heavy atom. The Bertz CT molecular complexity index is 204. The first-order valence-corrected chi connectivity index (χ1v) is 6.13. The average molecular weight is 229 g/mol. The molecule has 0 atom stereocenters. The van der Waals surface area contributed by atoms with Crippen molar-refractivity contribution in [3.8, 4) is 0 Å². The normalized spacial score (nSPS) is 9.88. The SMILES string of the molecule is CCCCCCCC(=O)NCC(=O)OCC. The minimum Gasteiger partial charge on any atom is -0.465 e. The molecule has 94 valence electrons. The van der Waals surface area contributed by atoms with Crippen molar-refractivity contribution in [3.05, 3.63) is 0 Å². The summed E-state index contributed by atoms with van der Waals surface area (Å²) in [5, 5.41) is 2.54. The summed E-state index contributed by atoms with van der Waals surface area (Å²) in [6.07, 6.45) is 6.10. The van der Waals surface area contributed by atoms with E-state index in [1.54, 1.807) is 6.92 Å². The van der Waals surface area contributed by atoms with Crippen LogP contribution in [-0.4, -0.2) is 25.0 Å². The van der Waals surface area contributed by atoms with Crippen LogP contribution >= 0.6 is 0 Å². The fraction of sp³-hybridized carbons (Fsp3) is 0.833. The number of carbonyl (C=O) groups is 2. The van der Waals surface area contributed by atoms with Gasteiger partial charge < -0.3 is 10.1 Å². The maximum atomic E-state index is 11.3. The van der Waals surface area contributed by atoms with E-state index in [2.05, 4.69) is 12.2 Å². The van der Waals surface area contributed by atoms with Gasteiger partial charge in [0.1, 0.15) is 6.54 Å². The topological polar surface area (TPSA) is 55.4 Å². The number of unbranched alkanes of at least 4 members (excludes halogenated alkanes) is 4. The quantitative estimate of drug-likeness (QED) is 0.486. The molecular weight excluding hydrogens is 206 g/mol. The highest BCUT2D eigenvalue weighted by Crippen LogP contribution is 2.04. The maximum absolute atomic E-state index is 11.3. The smallest absolute Gasteiger partial charge is 0.325 e. The van der Waals surface area contributed by atoms with Gasteiger partial charge in [-0.2, -0.15) is 0 Å². The summed E-state index contributed by atoms with van der Waals surface area (Å²) in [5.41, 5.74) is 0. The van der Waals surface area contributed by atoms with Crippen molar-refractivity contribution in [2.45, 2.75) is 52.4 Å². The summed E-state index contributed by atoms with van der Waals surface area (Å²) in [7, 11) is 0. The molecule has 1 N–H and O–H groups in total. The lowest BCUT2D eigenvalue weighted by Gasteiger charge is -2.04. The van der Waals surface area contributed by atoms with Crippen LogP contribution in [0, 0.1) is 0 Å². The van der Waals surface area contributed by atoms with Crippen molar-refractivity contribution in [3.63, 3.8) is 0 Å². The van der Waals surface area contributed by atoms with Gasteiger partial charge in [0.25, 0.3) is 0 Å². The molecule has 0 rings (SSSR count). The molecule has 16 heavy (non-hydrogen) atoms. The number of amides is 1. The summed E-state index contributed by atoms with van der Waals surface area (Å²) in [4.78, 5) is 22.2. The largest absolute Gasteiger partial charge is 0.465 e. The van der Waals surface area contributed by atoms with Crippen LogP contribution in [0.15, 0.2) is 0 Å². The van der Waals surface area contributed by atoms with Crippen molar-refractivity contribution in [2.24, 2.45) is 0 Å². The van der Waals surface area contributed by atoms with Gasteiger partial charge in [-0.25, -0.2) is 0 Å². The van der Waals surface area contributed by atoms with Crippen LogP contribution in [0.5, 0.6) is 0 Å². The molecule has 0 fully saturated rings. The van der Waals surface area contributed by atoms with Crippen molar-refractivity contribution < 1.29 is 14.3 Å². The summed E-state index contributed by atoms with van der Waals surface area (Å²) < 4.78 is 4.70. The van der Waals surface area contributed by atoms with E-state index < -0.39 is 0 Å². The molecule has 1 amide bonds. The molecule has 0 aromatic rings. The predicted molar refractivity (Wildman–Crippen MR) is 63.0 cm³/mol. The molecule has 4 nitrogen and oxygen atoms in total. The minimum atomic E-state index is -0.373. The Balaban J connectivity index is 3.34. The fourth-order valence-corrected chi connectivity index (χ4v) is 1.36. The van der Waals surface area contributed by atoms with Crippen LogP contribution in [0.3, 0.4) is 0 Å². The lowest BCUT2D eigenvalue weighted by Crippen LogP contribution is -2.30. The van der Waals surface area contributed by atoms with Crippen molar-refractivity contribution in [2.75, 3.05) is 13.2 Å². The molecule has 0 aliphatic heterocycles. The van der Waals surface area contributed by atoms with E-state index in [4.69, 9.17) is 4.74 Å². The van der Waals surface area contributed by atoms with E-state index in [0.717, 1.165) is 12.8 Å². The molecule has 0 unspecified atom stereocenters. The fourth-order valence-electron chi connectivity index (χ4n) is 1.36. The van der Waals surface area contributed by atoms with Gasteiger partial charge in [0, 0.05) is 6.42 Å². The summed E-state index contributed by atoms with van der Waals surface area (Å²) >= 11 is 0. The third-order valence-electron chi connectivity index (χ3n) is 2.24. The highest BCUT2D eigenvalue weighted by Gasteiger charge is 2.05. The highest BCUT2D eigenvalue weighted by molar-refractivity contribution is 5.81. The van der Waals surface area contributed by atoms with Gasteiger partial charge in [-0.15, -0.1) is 0 Å². The third-order valence-corrected chi connectivity index (χ3v) is 2.24. The van der Waals surface area contributed by atoms with Gasteiger partial charge in [0.15, 0.2) is 0 Å². The first-order valence-electron chi connectivity index (χ1n) is 6.13. The first kappa shape index (κ1) is 14.9. The van der Waals surface area contributed by atoms with Crippen LogP contribution < -0.4 is 5.32 Å². The Hall–Kier alpha value is -1.06. The lowest BCUT2D eigenvalue weighted by atomic mass is 10.1. The van der Waals surface area contributed by atoms with E-state index in [1.165, 1.54) is 19.3 Å². The van der Waals surface area contributed by atoms with Gasteiger partial charge in [-0.3, -0.25) is 9.59 Å². The predicted octanol–water partition coefficient (Wildman–Crippen LogP) is 2.03. The molecule has 0 aromatic heterocycles. The second-order valence-corrected chi connectivity index (χ2v) is 3.75. The number of ether oxygens (including phenoxy) is 1. The third kappa shape index (κ3) is 9.49. The number of esters is 1. The molecule has 0 spiro atoms. The average Bonchev–Trinajstić information content (AvgIpc) is 2.26. The molecule has 0 heterocycles. The summed E-state index contributed by atoms with van der Waals surface area (Å²) in [6.45, 7) is 4.24. The zero-order valence-corrected chi connectivity index (χ0v) is 10.4. The molecule has 0 aliphatic carbocycles. The second-order valence-electron chi connectivity index (χ2n) is 3.75. The van der Waals surface area contributed by atoms with Crippen LogP contribution in [-0.2, 0) is 14.3 Å². The molecule has 0 aliphatic rings. The summed E-state index contributed by atoms with van der Waals surface area (Å²) in [6, 6.07) is 0. The van der Waals surface area contributed by atoms with E-state index >= 15 is 0 Å². The van der Waals surface area contributed by atoms with E-state index in [9.17, 15) is 9.59 Å². The van der Waals surface area contributed by atoms with Gasteiger partial charge in [0.2, 0.25) is 5.91 Å². The second kappa shape index (κ2) is 10.5. The van der Waals surface area contributed by atoms with Crippen molar-refractivity contribution >= 4 is 11.9 Å². The van der Waals surface area contributed by atoms with Crippen LogP contribution in [0.1, 0.15) is 52.4 Å². The minimum absolute atomic E-state index is 0.0123. The molecule has 0 saturated carbocycles. The van der Waals surface area contributed by atoms with Crippen LogP contribution in [0.4, 0.5) is 0 Å². The first-order chi connectivity index (χ1) is 7.70. The zero-order valence-electron chi connectivity index (χ0n) is 10.4. The van der Waals surface area contributed by atoms with Gasteiger partial charge in [-0.05, 0) is 13.3 Å². The lowest BCUT2D eigenvalue weighted by molar-refractivity contribution is -0.143. The molecular formula is C12H23NO3. The number of hydrogen-bond acceptors (Lipinski definition) is 3. The highest BCUT2D eigenvalue weighted by atomic mass is 16.5. The summed E-state index contributed by atoms with van der Waals surface area (Å²) in [5.74, 6) is -0.439. The molecule has 0 bridgehead atoms. The van der Waals surface area contributed by atoms with E-state index in [-0.39, 0.29) is 18.4 Å². The Kier molecular flexibility index (Phi) is 9.76. The van der Waals surface area contributed by atoms with Gasteiger partial charge in [-0.1, -0.05) is 32.6 Å². The van der Waals surface area contributed by atoms with Crippen molar-refractivity contribution in [1.82, 2.24) is 5.32 Å². The molecule has 4 heteroatoms. The van der Waals surface area contributed by atoms with Gasteiger partial charge >= 0.3 is 5.97 Å². The molecule has 0 radical (unpaired) electrons. The number of hydrogen-bond donors (Lipinski definition) is 1. The Labute approximate surface area is 97.7 Å². The molecule has 0 aromatic carbocycles. The van der Waals surface area contributed by atoms with Gasteiger partial charge in [0.05, 0.1) is 6.61 Å². The number of rotatable bonds is 9. The Morgan fingerprint density at radius 2 is 1.75 bits per heavy atom. The van der Waals surface area contributed by atoms with E-state index in [0.29, 0.717) is 13.0 Å². The van der Waals surface area contributed by atoms with Crippen molar-refractivity contribution in [1.29, 1.82) is 0 Å². The monoisotopic (exact) mass is 229 g/mol. The number of carbonyl (C=O) groups excluding carboxylic acids is 2. The van der Waals surface area contributed by atoms with E-state index in [1.807, 2.05) is 0 Å².